The molecule has 276 valence electrons. The van der Waals surface area contributed by atoms with Gasteiger partial charge < -0.3 is 19.1 Å². The van der Waals surface area contributed by atoms with Crippen LogP contribution in [0.5, 0.6) is 11.8 Å². The fraction of sp³-hybridized carbons (Fsp3) is 0.386. The van der Waals surface area contributed by atoms with Crippen LogP contribution in [0.25, 0.3) is 27.7 Å². The first-order valence-corrected chi connectivity index (χ1v) is 18.8. The lowest BCUT2D eigenvalue weighted by molar-refractivity contribution is 0.0139. The molecule has 0 saturated carbocycles. The van der Waals surface area contributed by atoms with Crippen LogP contribution < -0.4 is 9.47 Å². The summed E-state index contributed by atoms with van der Waals surface area (Å²) < 4.78 is 20.0. The van der Waals surface area contributed by atoms with Crippen LogP contribution in [0.3, 0.4) is 0 Å². The highest BCUT2D eigenvalue weighted by atomic mass is 16.6. The van der Waals surface area contributed by atoms with Crippen LogP contribution in [0, 0.1) is 5.92 Å². The quantitative estimate of drug-likeness (QED) is 0.143. The summed E-state index contributed by atoms with van der Waals surface area (Å²) >= 11 is 0. The summed E-state index contributed by atoms with van der Waals surface area (Å²) in [4.78, 5) is 21.9. The molecule has 0 radical (unpaired) electrons. The van der Waals surface area contributed by atoms with Crippen molar-refractivity contribution in [3.63, 3.8) is 0 Å². The molecule has 2 aromatic heterocycles. The molecule has 0 aliphatic carbocycles. The van der Waals surface area contributed by atoms with E-state index in [2.05, 4.69) is 36.1 Å². The maximum Gasteiger partial charge on any atom is 0.410 e. The highest BCUT2D eigenvalue weighted by Gasteiger charge is 2.32. The summed E-state index contributed by atoms with van der Waals surface area (Å²) in [5.41, 5.74) is 6.98. The molecular formula is C44H51N5O4. The fourth-order valence-electron chi connectivity index (χ4n) is 7.41. The van der Waals surface area contributed by atoms with Gasteiger partial charge in [-0.25, -0.2) is 4.79 Å². The first kappa shape index (κ1) is 36.2. The minimum absolute atomic E-state index is 0.192. The zero-order valence-corrected chi connectivity index (χ0v) is 31.6. The van der Waals surface area contributed by atoms with Crippen molar-refractivity contribution in [3.8, 4) is 23.0 Å². The Morgan fingerprint density at radius 2 is 1.55 bits per heavy atom. The lowest BCUT2D eigenvalue weighted by atomic mass is 9.88. The van der Waals surface area contributed by atoms with Crippen molar-refractivity contribution in [1.82, 2.24) is 24.6 Å². The molecule has 2 aliphatic rings. The summed E-state index contributed by atoms with van der Waals surface area (Å²) in [6, 6.07) is 31.2. The first-order chi connectivity index (χ1) is 25.6. The third-order valence-corrected chi connectivity index (χ3v) is 10.5. The van der Waals surface area contributed by atoms with Gasteiger partial charge in [0.25, 0.3) is 0 Å². The second kappa shape index (κ2) is 15.8. The average Bonchev–Trinajstić information content (AvgIpc) is 3.51. The number of aromatic nitrogens is 3. The van der Waals surface area contributed by atoms with Crippen molar-refractivity contribution >= 4 is 22.6 Å². The number of hydrogen-bond acceptors (Lipinski definition) is 7. The molecule has 1 fully saturated rings. The van der Waals surface area contributed by atoms with E-state index in [9.17, 15) is 4.79 Å². The van der Waals surface area contributed by atoms with Crippen LogP contribution >= 0.6 is 0 Å². The summed E-state index contributed by atoms with van der Waals surface area (Å²) in [7, 11) is 2.00. The maximum atomic E-state index is 12.6. The van der Waals surface area contributed by atoms with Gasteiger partial charge in [0.05, 0.1) is 11.1 Å². The van der Waals surface area contributed by atoms with Crippen LogP contribution in [0.2, 0.25) is 0 Å². The maximum absolute atomic E-state index is 12.6. The number of ether oxygens (including phenoxy) is 3. The van der Waals surface area contributed by atoms with Gasteiger partial charge in [-0.3, -0.25) is 9.58 Å². The highest BCUT2D eigenvalue weighted by molar-refractivity contribution is 5.96. The topological polar surface area (TPSA) is 82.0 Å². The van der Waals surface area contributed by atoms with Gasteiger partial charge in [-0.15, -0.1) is 0 Å². The molecule has 53 heavy (non-hydrogen) atoms. The standard InChI is InChI=1S/C44H51N5O4/c1-31(34-20-26-49(27-21-34)43(50)53-44(2,3)4)48-24-22-35(23-25-48)36-16-17-37-39(28-36)47(5)46-41(37)38-18-19-40(51-29-32-12-8-6-9-13-32)45-42(38)52-30-33-14-10-7-11-15-33/h6-19,22,28,31,34H,20-21,23-27,29-30H2,1-5H3. The second-order valence-electron chi connectivity index (χ2n) is 15.3. The van der Waals surface area contributed by atoms with Gasteiger partial charge in [-0.2, -0.15) is 10.1 Å². The molecular weight excluding hydrogens is 663 g/mol. The molecule has 0 bridgehead atoms. The Morgan fingerprint density at radius 1 is 0.868 bits per heavy atom. The number of hydrogen-bond donors (Lipinski definition) is 0. The number of nitrogens with zero attached hydrogens (tertiary/aromatic N) is 5. The number of pyridine rings is 1. The van der Waals surface area contributed by atoms with Gasteiger partial charge >= 0.3 is 6.09 Å². The molecule has 5 aromatic rings. The van der Waals surface area contributed by atoms with Gasteiger partial charge in [0.2, 0.25) is 11.8 Å². The van der Waals surface area contributed by atoms with E-state index in [0.717, 1.165) is 78.7 Å². The molecule has 3 aromatic carbocycles. The first-order valence-electron chi connectivity index (χ1n) is 18.8. The normalized spacial score (nSPS) is 16.3. The Bertz CT molecular complexity index is 2050. The van der Waals surface area contributed by atoms with Gasteiger partial charge in [0.1, 0.15) is 24.5 Å². The Balaban J connectivity index is 1.05. The van der Waals surface area contributed by atoms with Crippen molar-refractivity contribution in [3.05, 3.63) is 114 Å². The minimum Gasteiger partial charge on any atom is -0.473 e. The Kier molecular flexibility index (Phi) is 10.8. The summed E-state index contributed by atoms with van der Waals surface area (Å²) in [6.45, 7) is 12.4. The number of amides is 1. The molecule has 7 rings (SSSR count). The fourth-order valence-corrected chi connectivity index (χ4v) is 7.41. The van der Waals surface area contributed by atoms with Crippen molar-refractivity contribution in [2.24, 2.45) is 13.0 Å². The monoisotopic (exact) mass is 713 g/mol. The van der Waals surface area contributed by atoms with Gasteiger partial charge in [-0.1, -0.05) is 72.8 Å². The van der Waals surface area contributed by atoms with Crippen LogP contribution in [0.1, 0.15) is 63.6 Å². The number of aryl methyl sites for hydroxylation is 1. The Hall–Kier alpha value is -5.15. The lowest BCUT2D eigenvalue weighted by Gasteiger charge is -2.41. The molecule has 0 spiro atoms. The van der Waals surface area contributed by atoms with E-state index < -0.39 is 5.60 Å². The molecule has 0 N–H and O–H groups in total. The van der Waals surface area contributed by atoms with E-state index in [0.29, 0.717) is 36.9 Å². The highest BCUT2D eigenvalue weighted by Crippen LogP contribution is 2.37. The van der Waals surface area contributed by atoms with Crippen LogP contribution in [-0.4, -0.2) is 68.5 Å². The SMILES string of the molecule is CC(C1CCN(C(=O)OC(C)(C)C)CC1)N1CC=C(c2ccc3c(-c4ccc(OCc5ccccc5)nc4OCc4ccccc4)nn(C)c3c2)CC1. The molecule has 9 nitrogen and oxygen atoms in total. The molecule has 1 atom stereocenters. The number of benzene rings is 3. The summed E-state index contributed by atoms with van der Waals surface area (Å²) in [6.07, 6.45) is 5.20. The molecule has 9 heteroatoms. The Labute approximate surface area is 313 Å². The van der Waals surface area contributed by atoms with Gasteiger partial charge in [0.15, 0.2) is 0 Å². The lowest BCUT2D eigenvalue weighted by Crippen LogP contribution is -2.47. The number of piperidine rings is 1. The minimum atomic E-state index is -0.466. The molecule has 2 aliphatic heterocycles. The van der Waals surface area contributed by atoms with E-state index in [1.165, 1.54) is 11.1 Å². The van der Waals surface area contributed by atoms with Crippen molar-refractivity contribution in [2.75, 3.05) is 26.2 Å². The molecule has 1 amide bonds. The third-order valence-electron chi connectivity index (χ3n) is 10.5. The van der Waals surface area contributed by atoms with Crippen LogP contribution in [0.4, 0.5) is 4.79 Å². The zero-order valence-electron chi connectivity index (χ0n) is 31.6. The Morgan fingerprint density at radius 3 is 2.19 bits per heavy atom. The molecule has 1 saturated heterocycles. The molecule has 4 heterocycles. The van der Waals surface area contributed by atoms with Crippen molar-refractivity contribution in [2.45, 2.75) is 71.8 Å². The van der Waals surface area contributed by atoms with E-state index in [1.807, 2.05) is 110 Å². The van der Waals surface area contributed by atoms with Gasteiger partial charge in [-0.05, 0) is 93.3 Å². The number of carbonyl (C=O) groups is 1. The third kappa shape index (κ3) is 8.74. The zero-order chi connectivity index (χ0) is 37.0. The summed E-state index contributed by atoms with van der Waals surface area (Å²) in [5, 5.41) is 6.05. The van der Waals surface area contributed by atoms with Crippen molar-refractivity contribution < 1.29 is 19.0 Å². The second-order valence-corrected chi connectivity index (χ2v) is 15.3. The molecule has 1 unspecified atom stereocenters. The van der Waals surface area contributed by atoms with Crippen molar-refractivity contribution in [1.29, 1.82) is 0 Å². The van der Waals surface area contributed by atoms with Crippen LogP contribution in [0.15, 0.2) is 97.1 Å². The number of rotatable bonds is 10. The smallest absolute Gasteiger partial charge is 0.410 e. The van der Waals surface area contributed by atoms with Crippen LogP contribution in [-0.2, 0) is 25.0 Å². The number of fused-ring (bicyclic) bond motifs is 1. The van der Waals surface area contributed by atoms with Gasteiger partial charge in [0, 0.05) is 50.7 Å². The van der Waals surface area contributed by atoms with E-state index in [-0.39, 0.29) is 6.09 Å². The van der Waals surface area contributed by atoms with E-state index in [1.54, 1.807) is 0 Å². The predicted octanol–water partition coefficient (Wildman–Crippen LogP) is 8.92. The van der Waals surface area contributed by atoms with E-state index >= 15 is 0 Å². The largest absolute Gasteiger partial charge is 0.473 e. The average molecular weight is 714 g/mol. The van der Waals surface area contributed by atoms with E-state index in [4.69, 9.17) is 24.3 Å². The number of carbonyl (C=O) groups excluding carboxylic acids is 1. The summed E-state index contributed by atoms with van der Waals surface area (Å²) in [5.74, 6) is 1.55. The predicted molar refractivity (Wildman–Crippen MR) is 210 cm³/mol. The number of likely N-dealkylation sites (tertiary alicyclic amines) is 1.